The molecule has 1 fully saturated rings. The summed E-state index contributed by atoms with van der Waals surface area (Å²) in [6.07, 6.45) is 2.65. The molecule has 0 radical (unpaired) electrons. The third-order valence-electron chi connectivity index (χ3n) is 4.61. The maximum Gasteiger partial charge on any atom is 0.256 e. The summed E-state index contributed by atoms with van der Waals surface area (Å²) < 4.78 is 32.2. The number of carbonyl (C=O) groups excluding carboxylic acids is 1. The lowest BCUT2D eigenvalue weighted by atomic mass is 9.93. The third-order valence-corrected chi connectivity index (χ3v) is 4.61. The first-order chi connectivity index (χ1) is 12.1. The van der Waals surface area contributed by atoms with E-state index in [-0.39, 0.29) is 17.3 Å². The number of piperidine rings is 1. The minimum atomic E-state index is -0.470. The minimum absolute atomic E-state index is 0.139. The van der Waals surface area contributed by atoms with E-state index >= 15 is 0 Å². The predicted molar refractivity (Wildman–Crippen MR) is 91.5 cm³/mol. The van der Waals surface area contributed by atoms with E-state index in [1.807, 2.05) is 0 Å². The van der Waals surface area contributed by atoms with Gasteiger partial charge in [0.1, 0.15) is 17.4 Å². The Morgan fingerprint density at radius 3 is 2.40 bits per heavy atom. The van der Waals surface area contributed by atoms with Gasteiger partial charge < -0.3 is 9.64 Å². The summed E-state index contributed by atoms with van der Waals surface area (Å²) in [5.74, 6) is 0.152. The van der Waals surface area contributed by atoms with E-state index in [2.05, 4.69) is 0 Å². The normalized spacial score (nSPS) is 15.2. The second-order valence-electron chi connectivity index (χ2n) is 6.31. The molecule has 1 saturated heterocycles. The number of rotatable bonds is 5. The number of amides is 1. The van der Waals surface area contributed by atoms with E-state index < -0.39 is 5.82 Å². The molecule has 0 unspecified atom stereocenters. The van der Waals surface area contributed by atoms with Gasteiger partial charge in [-0.15, -0.1) is 0 Å². The molecule has 0 atom stereocenters. The van der Waals surface area contributed by atoms with E-state index in [9.17, 15) is 13.6 Å². The van der Waals surface area contributed by atoms with Crippen molar-refractivity contribution in [3.05, 3.63) is 65.7 Å². The zero-order valence-corrected chi connectivity index (χ0v) is 14.0. The van der Waals surface area contributed by atoms with Gasteiger partial charge in [0.15, 0.2) is 0 Å². The number of halogens is 2. The quantitative estimate of drug-likeness (QED) is 0.809. The van der Waals surface area contributed by atoms with Gasteiger partial charge in [-0.25, -0.2) is 8.78 Å². The van der Waals surface area contributed by atoms with Crippen LogP contribution in [0.15, 0.2) is 48.5 Å². The van der Waals surface area contributed by atoms with Crippen molar-refractivity contribution in [1.82, 2.24) is 4.90 Å². The number of nitrogens with zero attached hydrogens (tertiary/aromatic N) is 1. The van der Waals surface area contributed by atoms with Gasteiger partial charge in [0.05, 0.1) is 12.2 Å². The van der Waals surface area contributed by atoms with Gasteiger partial charge in [0.2, 0.25) is 0 Å². The van der Waals surface area contributed by atoms with Crippen molar-refractivity contribution >= 4 is 5.91 Å². The smallest absolute Gasteiger partial charge is 0.256 e. The molecule has 0 aromatic heterocycles. The molecule has 1 aliphatic rings. The highest BCUT2D eigenvalue weighted by atomic mass is 19.1. The van der Waals surface area contributed by atoms with Crippen LogP contribution in [0.25, 0.3) is 0 Å². The molecule has 1 aliphatic heterocycles. The molecule has 0 spiro atoms. The number of benzene rings is 2. The van der Waals surface area contributed by atoms with Crippen LogP contribution >= 0.6 is 0 Å². The van der Waals surface area contributed by atoms with Crippen LogP contribution in [-0.4, -0.2) is 30.5 Å². The Bertz CT molecular complexity index is 710. The number of likely N-dealkylation sites (tertiary alicyclic amines) is 1. The van der Waals surface area contributed by atoms with Crippen molar-refractivity contribution in [2.45, 2.75) is 19.3 Å². The summed E-state index contributed by atoms with van der Waals surface area (Å²) in [7, 11) is 0. The molecule has 0 aliphatic carbocycles. The summed E-state index contributed by atoms with van der Waals surface area (Å²) in [5, 5.41) is 0. The van der Waals surface area contributed by atoms with Gasteiger partial charge >= 0.3 is 0 Å². The van der Waals surface area contributed by atoms with E-state index in [0.717, 1.165) is 19.3 Å². The molecule has 1 heterocycles. The lowest BCUT2D eigenvalue weighted by molar-refractivity contribution is 0.0675. The van der Waals surface area contributed by atoms with E-state index in [4.69, 9.17) is 4.74 Å². The summed E-state index contributed by atoms with van der Waals surface area (Å²) >= 11 is 0. The first kappa shape index (κ1) is 17.4. The fourth-order valence-electron chi connectivity index (χ4n) is 3.10. The molecule has 3 nitrogen and oxygen atoms in total. The molecule has 0 bridgehead atoms. The summed E-state index contributed by atoms with van der Waals surface area (Å²) in [4.78, 5) is 14.1. The zero-order valence-electron chi connectivity index (χ0n) is 14.0. The number of ether oxygens (including phenoxy) is 1. The van der Waals surface area contributed by atoms with Crippen molar-refractivity contribution in [2.75, 3.05) is 19.7 Å². The summed E-state index contributed by atoms with van der Waals surface area (Å²) in [6.45, 7) is 1.83. The van der Waals surface area contributed by atoms with Crippen LogP contribution in [-0.2, 0) is 0 Å². The highest BCUT2D eigenvalue weighted by Crippen LogP contribution is 2.23. The van der Waals surface area contributed by atoms with Gasteiger partial charge in [-0.3, -0.25) is 4.79 Å². The zero-order chi connectivity index (χ0) is 17.6. The molecule has 1 amide bonds. The molecule has 2 aromatic carbocycles. The second kappa shape index (κ2) is 8.10. The Morgan fingerprint density at radius 1 is 1.04 bits per heavy atom. The van der Waals surface area contributed by atoms with Crippen molar-refractivity contribution in [3.63, 3.8) is 0 Å². The molecular formula is C20H21F2NO2. The highest BCUT2D eigenvalue weighted by Gasteiger charge is 2.25. The SMILES string of the molecule is O=C(c1ccccc1F)N1CCC(CCOc2ccc(F)cc2)CC1. The van der Waals surface area contributed by atoms with Crippen molar-refractivity contribution in [1.29, 1.82) is 0 Å². The van der Waals surface area contributed by atoms with Gasteiger partial charge in [-0.05, 0) is 61.6 Å². The lowest BCUT2D eigenvalue weighted by Crippen LogP contribution is -2.39. The average Bonchev–Trinajstić information content (AvgIpc) is 2.64. The Balaban J connectivity index is 1.43. The monoisotopic (exact) mass is 345 g/mol. The third kappa shape index (κ3) is 4.56. The Hall–Kier alpha value is -2.43. The first-order valence-electron chi connectivity index (χ1n) is 8.55. The summed E-state index contributed by atoms with van der Waals surface area (Å²) in [6, 6.07) is 12.1. The number of hydrogen-bond acceptors (Lipinski definition) is 2. The average molecular weight is 345 g/mol. The predicted octanol–water partition coefficient (Wildman–Crippen LogP) is 4.29. The molecule has 5 heteroatoms. The van der Waals surface area contributed by atoms with Crippen LogP contribution in [0.3, 0.4) is 0 Å². The molecular weight excluding hydrogens is 324 g/mol. The van der Waals surface area contributed by atoms with Gasteiger partial charge in [0.25, 0.3) is 5.91 Å². The molecule has 3 rings (SSSR count). The van der Waals surface area contributed by atoms with Crippen LogP contribution < -0.4 is 4.74 Å². The van der Waals surface area contributed by atoms with E-state index in [1.54, 1.807) is 29.2 Å². The summed E-state index contributed by atoms with van der Waals surface area (Å²) in [5.41, 5.74) is 0.139. The molecule has 0 saturated carbocycles. The van der Waals surface area contributed by atoms with Gasteiger partial charge in [0, 0.05) is 13.1 Å². The van der Waals surface area contributed by atoms with Crippen LogP contribution in [0.4, 0.5) is 8.78 Å². The van der Waals surface area contributed by atoms with Crippen LogP contribution in [0, 0.1) is 17.6 Å². The van der Waals surface area contributed by atoms with Crippen LogP contribution in [0.5, 0.6) is 5.75 Å². The minimum Gasteiger partial charge on any atom is -0.494 e. The number of carbonyl (C=O) groups is 1. The van der Waals surface area contributed by atoms with Gasteiger partial charge in [-0.2, -0.15) is 0 Å². The highest BCUT2D eigenvalue weighted by molar-refractivity contribution is 5.94. The Labute approximate surface area is 146 Å². The van der Waals surface area contributed by atoms with Crippen LogP contribution in [0.2, 0.25) is 0 Å². The van der Waals surface area contributed by atoms with Crippen molar-refractivity contribution in [3.8, 4) is 5.75 Å². The Kier molecular flexibility index (Phi) is 5.64. The molecule has 0 N–H and O–H groups in total. The van der Waals surface area contributed by atoms with Gasteiger partial charge in [-0.1, -0.05) is 12.1 Å². The van der Waals surface area contributed by atoms with Crippen LogP contribution in [0.1, 0.15) is 29.6 Å². The topological polar surface area (TPSA) is 29.5 Å². The molecule has 2 aromatic rings. The van der Waals surface area contributed by atoms with E-state index in [1.165, 1.54) is 24.3 Å². The van der Waals surface area contributed by atoms with E-state index in [0.29, 0.717) is 31.4 Å². The molecule has 25 heavy (non-hydrogen) atoms. The maximum absolute atomic E-state index is 13.7. The standard InChI is InChI=1S/C20H21F2NO2/c21-16-5-7-17(8-6-16)25-14-11-15-9-12-23(13-10-15)20(24)18-3-1-2-4-19(18)22/h1-8,15H,9-14H2. The van der Waals surface area contributed by atoms with Crippen molar-refractivity contribution < 1.29 is 18.3 Å². The number of hydrogen-bond donors (Lipinski definition) is 0. The molecule has 132 valence electrons. The fourth-order valence-corrected chi connectivity index (χ4v) is 3.10. The largest absolute Gasteiger partial charge is 0.494 e. The first-order valence-corrected chi connectivity index (χ1v) is 8.55. The second-order valence-corrected chi connectivity index (χ2v) is 6.31. The maximum atomic E-state index is 13.7. The van der Waals surface area contributed by atoms with Crippen molar-refractivity contribution in [2.24, 2.45) is 5.92 Å². The lowest BCUT2D eigenvalue weighted by Gasteiger charge is -2.32. The fraction of sp³-hybridized carbons (Fsp3) is 0.350. The Morgan fingerprint density at radius 2 is 1.72 bits per heavy atom.